The Bertz CT molecular complexity index is 346. The molecule has 3 N–H and O–H groups in total. The first-order valence-corrected chi connectivity index (χ1v) is 5.37. The van der Waals surface area contributed by atoms with E-state index < -0.39 is 5.91 Å². The molecule has 16 heavy (non-hydrogen) atoms. The number of carbonyl (C=O) groups is 1. The molecule has 0 aromatic carbocycles. The average molecular weight is 245 g/mol. The number of carbonyl (C=O) groups excluding carboxylic acids is 1. The lowest BCUT2D eigenvalue weighted by Gasteiger charge is -2.09. The van der Waals surface area contributed by atoms with Crippen LogP contribution in [-0.2, 0) is 6.54 Å². The van der Waals surface area contributed by atoms with E-state index in [0.717, 1.165) is 5.76 Å². The summed E-state index contributed by atoms with van der Waals surface area (Å²) in [6.45, 7) is 0.679. The standard InChI is InChI=1S/C11H16N2O2.ClH/c12-11(14)10-6-5-9(15-10)7-13-8-3-1-2-4-8;/h5-6,8,13H,1-4,7H2,(H2,12,14);1H. The van der Waals surface area contributed by atoms with Crippen LogP contribution in [0.4, 0.5) is 0 Å². The van der Waals surface area contributed by atoms with E-state index in [-0.39, 0.29) is 18.2 Å². The fourth-order valence-corrected chi connectivity index (χ4v) is 1.98. The predicted molar refractivity (Wildman–Crippen MR) is 63.6 cm³/mol. The number of hydrogen-bond acceptors (Lipinski definition) is 3. The van der Waals surface area contributed by atoms with Crippen LogP contribution in [0.5, 0.6) is 0 Å². The summed E-state index contributed by atoms with van der Waals surface area (Å²) in [4.78, 5) is 10.8. The number of rotatable bonds is 4. The van der Waals surface area contributed by atoms with Crippen LogP contribution in [0.3, 0.4) is 0 Å². The lowest BCUT2D eigenvalue weighted by molar-refractivity contribution is 0.0972. The zero-order valence-electron chi connectivity index (χ0n) is 9.07. The van der Waals surface area contributed by atoms with Crippen molar-refractivity contribution in [2.24, 2.45) is 5.73 Å². The van der Waals surface area contributed by atoms with Gasteiger partial charge < -0.3 is 15.5 Å². The first kappa shape index (κ1) is 13.1. The Morgan fingerprint density at radius 1 is 1.44 bits per heavy atom. The molecule has 1 aromatic heterocycles. The van der Waals surface area contributed by atoms with Crippen molar-refractivity contribution in [3.8, 4) is 0 Å². The molecule has 1 heterocycles. The molecular formula is C11H17ClN2O2. The summed E-state index contributed by atoms with van der Waals surface area (Å²) in [5.41, 5.74) is 5.09. The zero-order chi connectivity index (χ0) is 10.7. The Labute approximate surface area is 101 Å². The topological polar surface area (TPSA) is 68.3 Å². The molecule has 1 fully saturated rings. The second-order valence-corrected chi connectivity index (χ2v) is 3.99. The van der Waals surface area contributed by atoms with Gasteiger partial charge in [0.2, 0.25) is 0 Å². The molecule has 0 atom stereocenters. The van der Waals surface area contributed by atoms with E-state index >= 15 is 0 Å². The fraction of sp³-hybridized carbons (Fsp3) is 0.545. The van der Waals surface area contributed by atoms with E-state index in [2.05, 4.69) is 5.32 Å². The summed E-state index contributed by atoms with van der Waals surface area (Å²) < 4.78 is 5.27. The van der Waals surface area contributed by atoms with Crippen LogP contribution in [0.25, 0.3) is 0 Å². The van der Waals surface area contributed by atoms with Gasteiger partial charge in [0, 0.05) is 6.04 Å². The van der Waals surface area contributed by atoms with E-state index in [1.165, 1.54) is 25.7 Å². The number of furan rings is 1. The third-order valence-electron chi connectivity index (χ3n) is 2.82. The van der Waals surface area contributed by atoms with Gasteiger partial charge in [-0.05, 0) is 25.0 Å². The van der Waals surface area contributed by atoms with E-state index in [9.17, 15) is 4.79 Å². The van der Waals surface area contributed by atoms with Gasteiger partial charge in [0.1, 0.15) is 5.76 Å². The Morgan fingerprint density at radius 3 is 2.69 bits per heavy atom. The molecule has 1 aliphatic carbocycles. The van der Waals surface area contributed by atoms with Gasteiger partial charge in [-0.25, -0.2) is 0 Å². The van der Waals surface area contributed by atoms with Crippen LogP contribution >= 0.6 is 12.4 Å². The van der Waals surface area contributed by atoms with Crippen LogP contribution in [0.1, 0.15) is 42.0 Å². The van der Waals surface area contributed by atoms with Gasteiger partial charge in [-0.1, -0.05) is 12.8 Å². The van der Waals surface area contributed by atoms with Crippen molar-refractivity contribution in [1.82, 2.24) is 5.32 Å². The van der Waals surface area contributed by atoms with Crippen molar-refractivity contribution in [2.75, 3.05) is 0 Å². The van der Waals surface area contributed by atoms with Crippen LogP contribution < -0.4 is 11.1 Å². The van der Waals surface area contributed by atoms with Crippen LogP contribution in [0.15, 0.2) is 16.5 Å². The summed E-state index contributed by atoms with van der Waals surface area (Å²) in [6.07, 6.45) is 5.09. The fourth-order valence-electron chi connectivity index (χ4n) is 1.98. The van der Waals surface area contributed by atoms with Crippen molar-refractivity contribution in [3.05, 3.63) is 23.7 Å². The third-order valence-corrected chi connectivity index (χ3v) is 2.82. The van der Waals surface area contributed by atoms with Gasteiger partial charge in [-0.3, -0.25) is 4.79 Å². The summed E-state index contributed by atoms with van der Waals surface area (Å²) >= 11 is 0. The van der Waals surface area contributed by atoms with Crippen molar-refractivity contribution in [3.63, 3.8) is 0 Å². The molecule has 5 heteroatoms. The Hall–Kier alpha value is -1.00. The molecule has 4 nitrogen and oxygen atoms in total. The highest BCUT2D eigenvalue weighted by Gasteiger charge is 2.15. The number of nitrogens with two attached hydrogens (primary N) is 1. The number of amides is 1. The Kier molecular flexibility index (Phi) is 4.83. The summed E-state index contributed by atoms with van der Waals surface area (Å²) in [5, 5.41) is 3.40. The van der Waals surface area contributed by atoms with Gasteiger partial charge in [-0.2, -0.15) is 0 Å². The molecule has 90 valence electrons. The minimum absolute atomic E-state index is 0. The van der Waals surface area contributed by atoms with Crippen LogP contribution in [-0.4, -0.2) is 11.9 Å². The number of nitrogens with one attached hydrogen (secondary N) is 1. The predicted octanol–water partition coefficient (Wildman–Crippen LogP) is 1.83. The summed E-state index contributed by atoms with van der Waals surface area (Å²) in [5.74, 6) is 0.496. The first-order valence-electron chi connectivity index (χ1n) is 5.37. The smallest absolute Gasteiger partial charge is 0.284 e. The normalized spacial score (nSPS) is 16.0. The highest BCUT2D eigenvalue weighted by atomic mass is 35.5. The van der Waals surface area contributed by atoms with E-state index in [1.807, 2.05) is 0 Å². The molecule has 2 rings (SSSR count). The SMILES string of the molecule is Cl.NC(=O)c1ccc(CNC2CCCC2)o1. The molecule has 0 radical (unpaired) electrons. The molecule has 0 unspecified atom stereocenters. The number of hydrogen-bond donors (Lipinski definition) is 2. The number of halogens is 1. The maximum Gasteiger partial charge on any atom is 0.284 e. The maximum absolute atomic E-state index is 10.8. The lowest BCUT2D eigenvalue weighted by atomic mass is 10.2. The van der Waals surface area contributed by atoms with E-state index in [0.29, 0.717) is 12.6 Å². The summed E-state index contributed by atoms with van der Waals surface area (Å²) in [7, 11) is 0. The molecule has 0 spiro atoms. The molecule has 1 aliphatic rings. The van der Waals surface area contributed by atoms with Gasteiger partial charge in [0.25, 0.3) is 5.91 Å². The monoisotopic (exact) mass is 244 g/mol. The second-order valence-electron chi connectivity index (χ2n) is 3.99. The molecule has 1 saturated carbocycles. The average Bonchev–Trinajstić information content (AvgIpc) is 2.86. The zero-order valence-corrected chi connectivity index (χ0v) is 9.89. The van der Waals surface area contributed by atoms with Gasteiger partial charge in [0.15, 0.2) is 5.76 Å². The van der Waals surface area contributed by atoms with Crippen molar-refractivity contribution >= 4 is 18.3 Å². The van der Waals surface area contributed by atoms with E-state index in [1.54, 1.807) is 12.1 Å². The Balaban J connectivity index is 0.00000128. The van der Waals surface area contributed by atoms with Gasteiger partial charge in [-0.15, -0.1) is 12.4 Å². The minimum atomic E-state index is -0.512. The Morgan fingerprint density at radius 2 is 2.12 bits per heavy atom. The first-order chi connectivity index (χ1) is 7.25. The van der Waals surface area contributed by atoms with Crippen molar-refractivity contribution < 1.29 is 9.21 Å². The van der Waals surface area contributed by atoms with Crippen molar-refractivity contribution in [2.45, 2.75) is 38.3 Å². The van der Waals surface area contributed by atoms with Gasteiger partial charge in [0.05, 0.1) is 6.54 Å². The summed E-state index contributed by atoms with van der Waals surface area (Å²) in [6, 6.07) is 4.02. The molecule has 1 amide bonds. The maximum atomic E-state index is 10.8. The minimum Gasteiger partial charge on any atom is -0.455 e. The van der Waals surface area contributed by atoms with Crippen LogP contribution in [0, 0.1) is 0 Å². The van der Waals surface area contributed by atoms with Crippen LogP contribution in [0.2, 0.25) is 0 Å². The quantitative estimate of drug-likeness (QED) is 0.849. The van der Waals surface area contributed by atoms with Gasteiger partial charge >= 0.3 is 0 Å². The molecule has 0 aliphatic heterocycles. The molecular weight excluding hydrogens is 228 g/mol. The molecule has 0 saturated heterocycles. The lowest BCUT2D eigenvalue weighted by Crippen LogP contribution is -2.25. The molecule has 0 bridgehead atoms. The highest BCUT2D eigenvalue weighted by molar-refractivity contribution is 5.89. The number of primary amides is 1. The highest BCUT2D eigenvalue weighted by Crippen LogP contribution is 2.18. The second kappa shape index (κ2) is 5.92. The molecule has 1 aromatic rings. The van der Waals surface area contributed by atoms with E-state index in [4.69, 9.17) is 10.2 Å². The largest absolute Gasteiger partial charge is 0.455 e. The van der Waals surface area contributed by atoms with Crippen molar-refractivity contribution in [1.29, 1.82) is 0 Å². The third kappa shape index (κ3) is 3.25.